The van der Waals surface area contributed by atoms with E-state index in [0.29, 0.717) is 37.1 Å². The number of Topliss-reactive ketones (excluding diaryl/α,β-unsaturated/α-hetero) is 1. The van der Waals surface area contributed by atoms with Crippen molar-refractivity contribution in [1.82, 2.24) is 0 Å². The summed E-state index contributed by atoms with van der Waals surface area (Å²) in [6.07, 6.45) is 2.05. The third kappa shape index (κ3) is 4.66. The summed E-state index contributed by atoms with van der Waals surface area (Å²) in [5.41, 5.74) is 2.52. The molecule has 0 spiro atoms. The predicted molar refractivity (Wildman–Crippen MR) is 84.6 cm³/mol. The second kappa shape index (κ2) is 8.08. The van der Waals surface area contributed by atoms with Crippen molar-refractivity contribution in [2.24, 2.45) is 0 Å². The van der Waals surface area contributed by atoms with Crippen LogP contribution < -0.4 is 4.74 Å². The molecule has 2 nitrogen and oxygen atoms in total. The van der Waals surface area contributed by atoms with Crippen molar-refractivity contribution < 1.29 is 9.53 Å². The number of ketones is 1. The predicted octanol–water partition coefficient (Wildman–Crippen LogP) is 5.07. The van der Waals surface area contributed by atoms with Crippen LogP contribution in [0.5, 0.6) is 5.75 Å². The highest BCUT2D eigenvalue weighted by Gasteiger charge is 2.14. The van der Waals surface area contributed by atoms with E-state index in [2.05, 4.69) is 45.9 Å². The molecule has 0 aliphatic carbocycles. The molecule has 0 radical (unpaired) electrons. The molecule has 1 aromatic carbocycles. The zero-order valence-electron chi connectivity index (χ0n) is 13.5. The molecule has 112 valence electrons. The van der Waals surface area contributed by atoms with Crippen LogP contribution in [0.4, 0.5) is 0 Å². The van der Waals surface area contributed by atoms with E-state index in [1.54, 1.807) is 0 Å². The molecule has 0 bridgehead atoms. The molecule has 0 aliphatic heterocycles. The van der Waals surface area contributed by atoms with Crippen molar-refractivity contribution in [3.05, 3.63) is 29.3 Å². The molecule has 2 heteroatoms. The molecule has 0 amide bonds. The number of para-hydroxylation sites is 1. The number of rotatable bonds is 8. The highest BCUT2D eigenvalue weighted by atomic mass is 16.5. The Balaban J connectivity index is 2.78. The average molecular weight is 276 g/mol. The number of benzene rings is 1. The number of hydrogen-bond acceptors (Lipinski definition) is 2. The van der Waals surface area contributed by atoms with Gasteiger partial charge in [0.1, 0.15) is 11.5 Å². The standard InChI is InChI=1S/C18H28O2/c1-6-15(19)9-8-12-20-18-16(13(2)3)10-7-11-17(18)14(4)5/h7,10-11,13-14H,6,8-9,12H2,1-5H3. The van der Waals surface area contributed by atoms with E-state index in [4.69, 9.17) is 4.74 Å². The fourth-order valence-electron chi connectivity index (χ4n) is 2.27. The van der Waals surface area contributed by atoms with Crippen LogP contribution in [0, 0.1) is 0 Å². The van der Waals surface area contributed by atoms with Gasteiger partial charge >= 0.3 is 0 Å². The average Bonchev–Trinajstić information content (AvgIpc) is 2.42. The Morgan fingerprint density at radius 3 is 2.10 bits per heavy atom. The Labute approximate surface area is 123 Å². The van der Waals surface area contributed by atoms with Crippen LogP contribution >= 0.6 is 0 Å². The molecule has 1 rings (SSSR count). The largest absolute Gasteiger partial charge is 0.493 e. The summed E-state index contributed by atoms with van der Waals surface area (Å²) in [6.45, 7) is 11.3. The van der Waals surface area contributed by atoms with Gasteiger partial charge in [-0.15, -0.1) is 0 Å². The summed E-state index contributed by atoms with van der Waals surface area (Å²) in [5.74, 6) is 2.23. The Morgan fingerprint density at radius 2 is 1.65 bits per heavy atom. The van der Waals surface area contributed by atoms with Gasteiger partial charge in [-0.3, -0.25) is 4.79 Å². The lowest BCUT2D eigenvalue weighted by molar-refractivity contribution is -0.118. The Bertz CT molecular complexity index is 407. The number of ether oxygens (including phenoxy) is 1. The topological polar surface area (TPSA) is 26.3 Å². The molecule has 0 saturated carbocycles. The normalized spacial score (nSPS) is 11.2. The number of hydrogen-bond donors (Lipinski definition) is 0. The second-order valence-electron chi connectivity index (χ2n) is 5.92. The third-order valence-corrected chi connectivity index (χ3v) is 3.56. The minimum Gasteiger partial charge on any atom is -0.493 e. The van der Waals surface area contributed by atoms with Crippen molar-refractivity contribution in [2.45, 2.75) is 65.7 Å². The highest BCUT2D eigenvalue weighted by Crippen LogP contribution is 2.34. The Hall–Kier alpha value is -1.31. The minimum absolute atomic E-state index is 0.315. The summed E-state index contributed by atoms with van der Waals surface area (Å²) in [7, 11) is 0. The lowest BCUT2D eigenvalue weighted by Crippen LogP contribution is -2.07. The molecular formula is C18H28O2. The molecule has 0 unspecified atom stereocenters. The van der Waals surface area contributed by atoms with Crippen molar-refractivity contribution in [1.29, 1.82) is 0 Å². The van der Waals surface area contributed by atoms with Crippen molar-refractivity contribution in [2.75, 3.05) is 6.61 Å². The first-order valence-electron chi connectivity index (χ1n) is 7.74. The zero-order chi connectivity index (χ0) is 15.1. The SMILES string of the molecule is CCC(=O)CCCOc1c(C(C)C)cccc1C(C)C. The molecular weight excluding hydrogens is 248 g/mol. The maximum absolute atomic E-state index is 11.3. The molecule has 0 N–H and O–H groups in total. The van der Waals surface area contributed by atoms with Crippen molar-refractivity contribution in [3.8, 4) is 5.75 Å². The zero-order valence-corrected chi connectivity index (χ0v) is 13.5. The molecule has 0 saturated heterocycles. The van der Waals surface area contributed by atoms with Crippen molar-refractivity contribution in [3.63, 3.8) is 0 Å². The fraction of sp³-hybridized carbons (Fsp3) is 0.611. The van der Waals surface area contributed by atoms with E-state index in [9.17, 15) is 4.79 Å². The van der Waals surface area contributed by atoms with Gasteiger partial charge in [0.05, 0.1) is 6.61 Å². The summed E-state index contributed by atoms with van der Waals surface area (Å²) < 4.78 is 6.03. The molecule has 0 heterocycles. The Kier molecular flexibility index (Phi) is 6.77. The minimum atomic E-state index is 0.315. The first-order chi connectivity index (χ1) is 9.47. The molecule has 20 heavy (non-hydrogen) atoms. The van der Waals surface area contributed by atoms with Crippen LogP contribution in [0.2, 0.25) is 0 Å². The van der Waals surface area contributed by atoms with E-state index in [1.807, 2.05) is 6.92 Å². The van der Waals surface area contributed by atoms with Crippen LogP contribution in [0.1, 0.15) is 76.8 Å². The van der Waals surface area contributed by atoms with Crippen molar-refractivity contribution >= 4 is 5.78 Å². The molecule has 0 aromatic heterocycles. The maximum atomic E-state index is 11.3. The summed E-state index contributed by atoms with van der Waals surface area (Å²) in [6, 6.07) is 6.39. The maximum Gasteiger partial charge on any atom is 0.132 e. The summed E-state index contributed by atoms with van der Waals surface area (Å²) in [5, 5.41) is 0. The van der Waals surface area contributed by atoms with Gasteiger partial charge in [-0.2, -0.15) is 0 Å². The Morgan fingerprint density at radius 1 is 1.10 bits per heavy atom. The molecule has 0 aliphatic rings. The first kappa shape index (κ1) is 16.7. The van der Waals surface area contributed by atoms with Crippen LogP contribution in [0.15, 0.2) is 18.2 Å². The van der Waals surface area contributed by atoms with Gasteiger partial charge in [0.2, 0.25) is 0 Å². The van der Waals surface area contributed by atoms with E-state index in [0.717, 1.165) is 12.2 Å². The fourth-order valence-corrected chi connectivity index (χ4v) is 2.27. The molecule has 0 atom stereocenters. The monoisotopic (exact) mass is 276 g/mol. The van der Waals surface area contributed by atoms with Gasteiger partial charge in [0.15, 0.2) is 0 Å². The first-order valence-corrected chi connectivity index (χ1v) is 7.74. The van der Waals surface area contributed by atoms with E-state index >= 15 is 0 Å². The molecule has 0 fully saturated rings. The van der Waals surface area contributed by atoms with Gasteiger partial charge in [-0.25, -0.2) is 0 Å². The van der Waals surface area contributed by atoms with E-state index < -0.39 is 0 Å². The number of carbonyl (C=O) groups excluding carboxylic acids is 1. The van der Waals surface area contributed by atoms with E-state index in [-0.39, 0.29) is 0 Å². The quantitative estimate of drug-likeness (QED) is 0.619. The third-order valence-electron chi connectivity index (χ3n) is 3.56. The highest BCUT2D eigenvalue weighted by molar-refractivity contribution is 5.77. The van der Waals surface area contributed by atoms with Gasteiger partial charge in [-0.1, -0.05) is 52.8 Å². The van der Waals surface area contributed by atoms with Crippen LogP contribution in [0.3, 0.4) is 0 Å². The van der Waals surface area contributed by atoms with Crippen LogP contribution in [-0.4, -0.2) is 12.4 Å². The van der Waals surface area contributed by atoms with Crippen LogP contribution in [-0.2, 0) is 4.79 Å². The van der Waals surface area contributed by atoms with Crippen LogP contribution in [0.25, 0.3) is 0 Å². The summed E-state index contributed by atoms with van der Waals surface area (Å²) >= 11 is 0. The van der Waals surface area contributed by atoms with Gasteiger partial charge in [-0.05, 0) is 29.4 Å². The molecule has 1 aromatic rings. The smallest absolute Gasteiger partial charge is 0.132 e. The number of carbonyl (C=O) groups is 1. The van der Waals surface area contributed by atoms with Gasteiger partial charge in [0, 0.05) is 12.8 Å². The van der Waals surface area contributed by atoms with Gasteiger partial charge in [0.25, 0.3) is 0 Å². The lowest BCUT2D eigenvalue weighted by atomic mass is 9.94. The summed E-state index contributed by atoms with van der Waals surface area (Å²) in [4.78, 5) is 11.3. The van der Waals surface area contributed by atoms with Gasteiger partial charge < -0.3 is 4.74 Å². The second-order valence-corrected chi connectivity index (χ2v) is 5.92. The lowest BCUT2D eigenvalue weighted by Gasteiger charge is -2.19. The van der Waals surface area contributed by atoms with E-state index in [1.165, 1.54) is 11.1 Å².